The van der Waals surface area contributed by atoms with Crippen molar-refractivity contribution < 1.29 is 13.2 Å². The van der Waals surface area contributed by atoms with Crippen LogP contribution in [0.2, 0.25) is 0 Å². The molecule has 20 heavy (non-hydrogen) atoms. The van der Waals surface area contributed by atoms with Gasteiger partial charge in [-0.05, 0) is 12.8 Å². The molecule has 0 unspecified atom stereocenters. The molecule has 0 radical (unpaired) electrons. The Balaban J connectivity index is 2.26. The summed E-state index contributed by atoms with van der Waals surface area (Å²) < 4.78 is 24.4. The Bertz CT molecular complexity index is 421. The number of thioether (sulfide) groups is 1. The number of nitrogens with zero attached hydrogens (tertiary/aromatic N) is 1. The van der Waals surface area contributed by atoms with Crippen LogP contribution in [0.4, 0.5) is 0 Å². The molecule has 0 bridgehead atoms. The summed E-state index contributed by atoms with van der Waals surface area (Å²) >= 11 is 1.82. The summed E-state index contributed by atoms with van der Waals surface area (Å²) in [6.45, 7) is 8.04. The molecule has 1 heterocycles. The van der Waals surface area contributed by atoms with E-state index < -0.39 is 10.0 Å². The van der Waals surface area contributed by atoms with Gasteiger partial charge in [-0.3, -0.25) is 4.79 Å². The number of sulfonamides is 1. The molecule has 0 aliphatic carbocycles. The molecule has 1 fully saturated rings. The molecule has 1 saturated heterocycles. The summed E-state index contributed by atoms with van der Waals surface area (Å²) in [5.41, 5.74) is 0. The summed E-state index contributed by atoms with van der Waals surface area (Å²) in [5.74, 6) is 0.914. The van der Waals surface area contributed by atoms with Crippen molar-refractivity contribution in [1.29, 1.82) is 0 Å². The van der Waals surface area contributed by atoms with Crippen LogP contribution >= 0.6 is 11.8 Å². The van der Waals surface area contributed by atoms with Crippen LogP contribution in [0.15, 0.2) is 0 Å². The van der Waals surface area contributed by atoms with E-state index in [2.05, 4.69) is 26.1 Å². The molecule has 1 N–H and O–H groups in total. The third kappa shape index (κ3) is 6.45. The minimum absolute atomic E-state index is 0.0485. The van der Waals surface area contributed by atoms with E-state index in [0.29, 0.717) is 32.5 Å². The quantitative estimate of drug-likeness (QED) is 0.775. The van der Waals surface area contributed by atoms with Crippen molar-refractivity contribution in [2.24, 2.45) is 5.92 Å². The Labute approximate surface area is 126 Å². The molecule has 0 aromatic heterocycles. The smallest absolute Gasteiger partial charge is 0.223 e. The Morgan fingerprint density at radius 1 is 1.30 bits per heavy atom. The molecule has 1 aliphatic rings. The number of carbonyl (C=O) groups excluding carboxylic acids is 1. The van der Waals surface area contributed by atoms with Gasteiger partial charge in [0.2, 0.25) is 15.9 Å². The SMILES string of the molecule is CC(C)(C)SCCNC(=O)C1CCN(S(C)(=O)=O)CC1. The van der Waals surface area contributed by atoms with E-state index in [0.717, 1.165) is 5.75 Å². The molecule has 0 spiro atoms. The Morgan fingerprint density at radius 2 is 1.85 bits per heavy atom. The summed E-state index contributed by atoms with van der Waals surface area (Å²) in [5, 5.41) is 2.95. The molecule has 118 valence electrons. The molecule has 1 amide bonds. The van der Waals surface area contributed by atoms with Gasteiger partial charge in [0.15, 0.2) is 0 Å². The molecule has 5 nitrogen and oxygen atoms in total. The second-order valence-electron chi connectivity index (χ2n) is 6.19. The van der Waals surface area contributed by atoms with Gasteiger partial charge in [-0.2, -0.15) is 11.8 Å². The normalized spacial score (nSPS) is 19.0. The van der Waals surface area contributed by atoms with Crippen molar-refractivity contribution >= 4 is 27.7 Å². The average Bonchev–Trinajstić information content (AvgIpc) is 2.32. The van der Waals surface area contributed by atoms with Gasteiger partial charge >= 0.3 is 0 Å². The van der Waals surface area contributed by atoms with E-state index in [1.54, 1.807) is 0 Å². The second kappa shape index (κ2) is 7.13. The van der Waals surface area contributed by atoms with Crippen LogP contribution in [-0.4, -0.2) is 55.0 Å². The molecule has 1 aliphatic heterocycles. The molecule has 0 aromatic rings. The fourth-order valence-corrected chi connectivity index (χ4v) is 3.82. The van der Waals surface area contributed by atoms with E-state index in [1.807, 2.05) is 11.8 Å². The van der Waals surface area contributed by atoms with Crippen molar-refractivity contribution in [2.45, 2.75) is 38.4 Å². The van der Waals surface area contributed by atoms with Crippen LogP contribution < -0.4 is 5.32 Å². The molecular weight excluding hydrogens is 296 g/mol. The van der Waals surface area contributed by atoms with Crippen LogP contribution in [-0.2, 0) is 14.8 Å². The zero-order valence-electron chi connectivity index (χ0n) is 12.8. The van der Waals surface area contributed by atoms with Crippen molar-refractivity contribution in [3.8, 4) is 0 Å². The Morgan fingerprint density at radius 3 is 2.30 bits per heavy atom. The lowest BCUT2D eigenvalue weighted by molar-refractivity contribution is -0.125. The van der Waals surface area contributed by atoms with E-state index in [9.17, 15) is 13.2 Å². The summed E-state index contributed by atoms with van der Waals surface area (Å²) in [4.78, 5) is 12.0. The maximum atomic E-state index is 12.0. The zero-order valence-corrected chi connectivity index (χ0v) is 14.4. The van der Waals surface area contributed by atoms with Crippen LogP contribution in [0.1, 0.15) is 33.6 Å². The van der Waals surface area contributed by atoms with Crippen LogP contribution in [0, 0.1) is 5.92 Å². The van der Waals surface area contributed by atoms with Crippen molar-refractivity contribution in [2.75, 3.05) is 31.6 Å². The zero-order chi connectivity index (χ0) is 15.4. The van der Waals surface area contributed by atoms with Crippen LogP contribution in [0.3, 0.4) is 0 Å². The number of rotatable bonds is 5. The first-order valence-electron chi connectivity index (χ1n) is 6.96. The van der Waals surface area contributed by atoms with Gasteiger partial charge in [-0.1, -0.05) is 20.8 Å². The van der Waals surface area contributed by atoms with Gasteiger partial charge in [0.05, 0.1) is 6.26 Å². The van der Waals surface area contributed by atoms with E-state index in [1.165, 1.54) is 10.6 Å². The standard InChI is InChI=1S/C13H26N2O3S2/c1-13(2,3)19-10-7-14-12(16)11-5-8-15(9-6-11)20(4,17)18/h11H,5-10H2,1-4H3,(H,14,16). The second-order valence-corrected chi connectivity index (χ2v) is 10.1. The lowest BCUT2D eigenvalue weighted by Crippen LogP contribution is -2.43. The number of piperidine rings is 1. The molecule has 7 heteroatoms. The van der Waals surface area contributed by atoms with Gasteiger partial charge in [0, 0.05) is 36.1 Å². The topological polar surface area (TPSA) is 66.5 Å². The fraction of sp³-hybridized carbons (Fsp3) is 0.923. The highest BCUT2D eigenvalue weighted by atomic mass is 32.2. The van der Waals surface area contributed by atoms with Crippen LogP contribution in [0.5, 0.6) is 0 Å². The highest BCUT2D eigenvalue weighted by Gasteiger charge is 2.28. The number of amides is 1. The molecule has 0 aromatic carbocycles. The Kier molecular flexibility index (Phi) is 6.34. The highest BCUT2D eigenvalue weighted by molar-refractivity contribution is 8.00. The minimum Gasteiger partial charge on any atom is -0.355 e. The van der Waals surface area contributed by atoms with E-state index >= 15 is 0 Å². The van der Waals surface area contributed by atoms with Crippen LogP contribution in [0.25, 0.3) is 0 Å². The summed E-state index contributed by atoms with van der Waals surface area (Å²) in [7, 11) is -3.11. The highest BCUT2D eigenvalue weighted by Crippen LogP contribution is 2.22. The monoisotopic (exact) mass is 322 g/mol. The van der Waals surface area contributed by atoms with E-state index in [4.69, 9.17) is 0 Å². The number of carbonyl (C=O) groups is 1. The number of hydrogen-bond donors (Lipinski definition) is 1. The molecule has 1 rings (SSSR count). The fourth-order valence-electron chi connectivity index (χ4n) is 2.13. The van der Waals surface area contributed by atoms with Gasteiger partial charge in [-0.15, -0.1) is 0 Å². The predicted octanol–water partition coefficient (Wildman–Crippen LogP) is 1.31. The van der Waals surface area contributed by atoms with Gasteiger partial charge in [0.1, 0.15) is 0 Å². The largest absolute Gasteiger partial charge is 0.355 e. The molecule has 0 saturated carbocycles. The Hall–Kier alpha value is -0.270. The average molecular weight is 322 g/mol. The van der Waals surface area contributed by atoms with Gasteiger partial charge in [0.25, 0.3) is 0 Å². The van der Waals surface area contributed by atoms with Crippen molar-refractivity contribution in [3.05, 3.63) is 0 Å². The third-order valence-corrected chi connectivity index (χ3v) is 5.81. The third-order valence-electron chi connectivity index (χ3n) is 3.23. The van der Waals surface area contributed by atoms with Gasteiger partial charge in [-0.25, -0.2) is 12.7 Å². The van der Waals surface area contributed by atoms with Gasteiger partial charge < -0.3 is 5.32 Å². The number of nitrogens with one attached hydrogen (secondary N) is 1. The molecular formula is C13H26N2O3S2. The summed E-state index contributed by atoms with van der Waals surface area (Å²) in [6.07, 6.45) is 2.45. The maximum absolute atomic E-state index is 12.0. The molecule has 0 atom stereocenters. The maximum Gasteiger partial charge on any atom is 0.223 e. The van der Waals surface area contributed by atoms with Crippen molar-refractivity contribution in [1.82, 2.24) is 9.62 Å². The first-order chi connectivity index (χ1) is 9.09. The summed E-state index contributed by atoms with van der Waals surface area (Å²) in [6, 6.07) is 0. The predicted molar refractivity (Wildman–Crippen MR) is 84.4 cm³/mol. The number of hydrogen-bond acceptors (Lipinski definition) is 4. The van der Waals surface area contributed by atoms with Crippen molar-refractivity contribution in [3.63, 3.8) is 0 Å². The minimum atomic E-state index is -3.11. The lowest BCUT2D eigenvalue weighted by Gasteiger charge is -2.29. The first-order valence-corrected chi connectivity index (χ1v) is 9.80. The lowest BCUT2D eigenvalue weighted by atomic mass is 9.97. The first kappa shape index (κ1) is 17.8. The van der Waals surface area contributed by atoms with E-state index in [-0.39, 0.29) is 16.6 Å².